The molecule has 1 N–H and O–H groups in total. The molecule has 0 aliphatic carbocycles. The van der Waals surface area contributed by atoms with Crippen molar-refractivity contribution in [3.8, 4) is 17.2 Å². The molecule has 0 saturated carbocycles. The highest BCUT2D eigenvalue weighted by molar-refractivity contribution is 5.95. The fourth-order valence-electron chi connectivity index (χ4n) is 3.41. The van der Waals surface area contributed by atoms with Gasteiger partial charge in [-0.1, -0.05) is 42.5 Å². The van der Waals surface area contributed by atoms with Crippen LogP contribution >= 0.6 is 0 Å². The molecule has 0 bridgehead atoms. The van der Waals surface area contributed by atoms with E-state index in [0.717, 1.165) is 0 Å². The molecule has 0 aliphatic heterocycles. The molecule has 1 aromatic heterocycles. The number of carbonyl (C=O) groups excluding carboxylic acids is 2. The smallest absolute Gasteiger partial charge is 0.338 e. The van der Waals surface area contributed by atoms with Crippen molar-refractivity contribution in [2.24, 2.45) is 7.05 Å². The number of amides is 1. The second kappa shape index (κ2) is 9.91. The summed E-state index contributed by atoms with van der Waals surface area (Å²) in [6.07, 6.45) is 0. The van der Waals surface area contributed by atoms with E-state index >= 15 is 0 Å². The van der Waals surface area contributed by atoms with Gasteiger partial charge in [0, 0.05) is 7.05 Å². The van der Waals surface area contributed by atoms with Crippen LogP contribution in [0, 0.1) is 6.92 Å². The number of anilines is 1. The Bertz CT molecular complexity index is 1370. The number of hydrogen-bond acceptors (Lipinski definition) is 5. The number of aromatic nitrogens is 2. The third-order valence-electron chi connectivity index (χ3n) is 5.20. The van der Waals surface area contributed by atoms with Crippen LogP contribution in [0.25, 0.3) is 5.69 Å². The number of nitrogens with zero attached hydrogens (tertiary/aromatic N) is 2. The second-order valence-corrected chi connectivity index (χ2v) is 7.50. The fourth-order valence-corrected chi connectivity index (χ4v) is 3.41. The number of benzene rings is 3. The minimum atomic E-state index is -0.680. The van der Waals surface area contributed by atoms with Crippen molar-refractivity contribution in [1.29, 1.82) is 0 Å². The van der Waals surface area contributed by atoms with Gasteiger partial charge in [0.2, 0.25) is 0 Å². The summed E-state index contributed by atoms with van der Waals surface area (Å²) in [6, 6.07) is 24.7. The fraction of sp³-hybridized carbons (Fsp3) is 0.115. The molecule has 4 rings (SSSR count). The van der Waals surface area contributed by atoms with Gasteiger partial charge < -0.3 is 14.8 Å². The molecule has 3 aromatic carbocycles. The van der Waals surface area contributed by atoms with Crippen LogP contribution in [-0.2, 0) is 16.6 Å². The minimum absolute atomic E-state index is 0.130. The number of rotatable bonds is 7. The molecule has 34 heavy (non-hydrogen) atoms. The molecule has 0 fully saturated rings. The van der Waals surface area contributed by atoms with Crippen LogP contribution in [0.5, 0.6) is 11.5 Å². The first-order chi connectivity index (χ1) is 16.4. The number of ether oxygens (including phenoxy) is 2. The molecule has 8 heteroatoms. The molecule has 1 amide bonds. The van der Waals surface area contributed by atoms with Gasteiger partial charge >= 0.3 is 5.97 Å². The molecular weight excluding hydrogens is 434 g/mol. The van der Waals surface area contributed by atoms with Crippen LogP contribution in [0.4, 0.5) is 5.69 Å². The number of esters is 1. The zero-order chi connectivity index (χ0) is 24.1. The van der Waals surface area contributed by atoms with Crippen LogP contribution in [0.1, 0.15) is 16.1 Å². The van der Waals surface area contributed by atoms with E-state index in [-0.39, 0.29) is 16.8 Å². The van der Waals surface area contributed by atoms with Gasteiger partial charge in [-0.2, -0.15) is 0 Å². The Morgan fingerprint density at radius 1 is 0.882 bits per heavy atom. The van der Waals surface area contributed by atoms with Crippen LogP contribution < -0.4 is 15.6 Å². The van der Waals surface area contributed by atoms with Crippen molar-refractivity contribution in [2.45, 2.75) is 6.92 Å². The summed E-state index contributed by atoms with van der Waals surface area (Å²) in [5.41, 5.74) is 1.23. The summed E-state index contributed by atoms with van der Waals surface area (Å²) in [7, 11) is 1.73. The van der Waals surface area contributed by atoms with Crippen molar-refractivity contribution < 1.29 is 19.1 Å². The summed E-state index contributed by atoms with van der Waals surface area (Å²) in [6.45, 7) is 1.18. The lowest BCUT2D eigenvalue weighted by Crippen LogP contribution is -2.25. The number of para-hydroxylation sites is 2. The van der Waals surface area contributed by atoms with Gasteiger partial charge in [0.15, 0.2) is 6.61 Å². The van der Waals surface area contributed by atoms with Crippen LogP contribution in [0.2, 0.25) is 0 Å². The van der Waals surface area contributed by atoms with Crippen molar-refractivity contribution in [1.82, 2.24) is 9.36 Å². The molecule has 0 spiro atoms. The van der Waals surface area contributed by atoms with Gasteiger partial charge in [-0.05, 0) is 49.4 Å². The van der Waals surface area contributed by atoms with E-state index in [9.17, 15) is 14.4 Å². The lowest BCUT2D eigenvalue weighted by atomic mass is 10.2. The Labute approximate surface area is 196 Å². The maximum atomic E-state index is 12.9. The SMILES string of the molecule is Cc1c(NC(=O)COC(=O)c2cccc(Oc3ccccc3)c2)c(=O)n(-c2ccccc2)n1C. The third kappa shape index (κ3) is 4.91. The van der Waals surface area contributed by atoms with E-state index < -0.39 is 18.5 Å². The van der Waals surface area contributed by atoms with E-state index in [1.165, 1.54) is 10.7 Å². The predicted molar refractivity (Wildman–Crippen MR) is 128 cm³/mol. The van der Waals surface area contributed by atoms with E-state index in [4.69, 9.17) is 9.47 Å². The predicted octanol–water partition coefficient (Wildman–Crippen LogP) is 4.07. The maximum Gasteiger partial charge on any atom is 0.338 e. The highest BCUT2D eigenvalue weighted by atomic mass is 16.5. The minimum Gasteiger partial charge on any atom is -0.457 e. The Balaban J connectivity index is 1.41. The van der Waals surface area contributed by atoms with E-state index in [1.54, 1.807) is 61.1 Å². The quantitative estimate of drug-likeness (QED) is 0.423. The van der Waals surface area contributed by atoms with Gasteiger partial charge in [0.25, 0.3) is 11.5 Å². The van der Waals surface area contributed by atoms with Crippen LogP contribution in [-0.4, -0.2) is 27.8 Å². The largest absolute Gasteiger partial charge is 0.457 e. The Morgan fingerprint density at radius 3 is 2.24 bits per heavy atom. The topological polar surface area (TPSA) is 91.6 Å². The van der Waals surface area contributed by atoms with Crippen LogP contribution in [0.3, 0.4) is 0 Å². The third-order valence-corrected chi connectivity index (χ3v) is 5.20. The summed E-state index contributed by atoms with van der Waals surface area (Å²) in [4.78, 5) is 37.8. The Morgan fingerprint density at radius 2 is 1.53 bits per heavy atom. The Hall–Kier alpha value is -4.59. The molecule has 0 unspecified atom stereocenters. The Kier molecular flexibility index (Phi) is 6.59. The molecule has 0 aliphatic rings. The van der Waals surface area contributed by atoms with Crippen molar-refractivity contribution in [3.63, 3.8) is 0 Å². The lowest BCUT2D eigenvalue weighted by Gasteiger charge is -2.08. The van der Waals surface area contributed by atoms with E-state index in [0.29, 0.717) is 22.9 Å². The first-order valence-electron chi connectivity index (χ1n) is 10.6. The zero-order valence-corrected chi connectivity index (χ0v) is 18.7. The molecule has 4 aromatic rings. The highest BCUT2D eigenvalue weighted by Gasteiger charge is 2.19. The summed E-state index contributed by atoms with van der Waals surface area (Å²) in [5.74, 6) is -0.200. The summed E-state index contributed by atoms with van der Waals surface area (Å²) < 4.78 is 14.0. The summed E-state index contributed by atoms with van der Waals surface area (Å²) in [5, 5.41) is 2.57. The average Bonchev–Trinajstić information content (AvgIpc) is 3.07. The molecule has 0 radical (unpaired) electrons. The van der Waals surface area contributed by atoms with Gasteiger partial charge in [0.05, 0.1) is 16.9 Å². The second-order valence-electron chi connectivity index (χ2n) is 7.50. The first kappa shape index (κ1) is 22.6. The number of hydrogen-bond donors (Lipinski definition) is 1. The molecule has 1 heterocycles. The van der Waals surface area contributed by atoms with Gasteiger partial charge in [-0.25, -0.2) is 9.48 Å². The first-order valence-corrected chi connectivity index (χ1v) is 10.6. The maximum absolute atomic E-state index is 12.9. The average molecular weight is 457 g/mol. The van der Waals surface area contributed by atoms with E-state index in [1.807, 2.05) is 36.4 Å². The highest BCUT2D eigenvalue weighted by Crippen LogP contribution is 2.22. The van der Waals surface area contributed by atoms with E-state index in [2.05, 4.69) is 5.32 Å². The number of nitrogens with one attached hydrogen (secondary N) is 1. The van der Waals surface area contributed by atoms with Crippen molar-refractivity contribution in [3.05, 3.63) is 107 Å². The molecule has 0 saturated heterocycles. The molecule has 8 nitrogen and oxygen atoms in total. The van der Waals surface area contributed by atoms with Crippen LogP contribution in [0.15, 0.2) is 89.7 Å². The standard InChI is InChI=1S/C26H23N3O5/c1-18-24(25(31)29(28(18)2)20-11-5-3-6-12-20)27-23(30)17-33-26(32)19-10-9-15-22(16-19)34-21-13-7-4-8-14-21/h3-16H,17H2,1-2H3,(H,27,30). The van der Waals surface area contributed by atoms with Gasteiger partial charge in [0.1, 0.15) is 17.2 Å². The van der Waals surface area contributed by atoms with Gasteiger partial charge in [-0.3, -0.25) is 14.3 Å². The number of carbonyl (C=O) groups is 2. The summed E-state index contributed by atoms with van der Waals surface area (Å²) >= 11 is 0. The normalized spacial score (nSPS) is 10.5. The monoisotopic (exact) mass is 457 g/mol. The zero-order valence-electron chi connectivity index (χ0n) is 18.7. The molecule has 0 atom stereocenters. The lowest BCUT2D eigenvalue weighted by molar-refractivity contribution is -0.119. The molecule has 172 valence electrons. The van der Waals surface area contributed by atoms with Crippen molar-refractivity contribution in [2.75, 3.05) is 11.9 Å². The molecular formula is C26H23N3O5. The van der Waals surface area contributed by atoms with Gasteiger partial charge in [-0.15, -0.1) is 0 Å². The van der Waals surface area contributed by atoms with Crippen molar-refractivity contribution >= 4 is 17.6 Å².